The number of esters is 1. The molecule has 3 aromatic rings. The third-order valence-electron chi connectivity index (χ3n) is 4.19. The van der Waals surface area contributed by atoms with Gasteiger partial charge in [-0.25, -0.2) is 4.39 Å². The Morgan fingerprint density at radius 2 is 1.80 bits per heavy atom. The summed E-state index contributed by atoms with van der Waals surface area (Å²) in [7, 11) is 1.31. The summed E-state index contributed by atoms with van der Waals surface area (Å²) >= 11 is 0. The van der Waals surface area contributed by atoms with Gasteiger partial charge in [0.15, 0.2) is 5.76 Å². The number of rotatable bonds is 5. The van der Waals surface area contributed by atoms with E-state index in [0.29, 0.717) is 28.5 Å². The molecule has 2 aromatic carbocycles. The molecule has 0 aliphatic heterocycles. The van der Waals surface area contributed by atoms with Crippen molar-refractivity contribution in [3.63, 3.8) is 0 Å². The fourth-order valence-electron chi connectivity index (χ4n) is 2.94. The molecule has 0 aliphatic rings. The van der Waals surface area contributed by atoms with Gasteiger partial charge in [-0.2, -0.15) is 0 Å². The number of fused-ring (bicyclic) bond motifs is 1. The third-order valence-corrected chi connectivity index (χ3v) is 4.19. The topological polar surface area (TPSA) is 56.5 Å². The molecule has 0 spiro atoms. The van der Waals surface area contributed by atoms with E-state index in [9.17, 15) is 14.0 Å². The van der Waals surface area contributed by atoms with Gasteiger partial charge < -0.3 is 9.15 Å². The van der Waals surface area contributed by atoms with Crippen LogP contribution in [0.5, 0.6) is 0 Å². The molecule has 0 aliphatic carbocycles. The van der Waals surface area contributed by atoms with Crippen LogP contribution in [0.3, 0.4) is 0 Å². The molecule has 0 radical (unpaired) electrons. The number of methoxy groups -OCH3 is 1. The predicted molar refractivity (Wildman–Crippen MR) is 91.1 cm³/mol. The Morgan fingerprint density at radius 3 is 2.44 bits per heavy atom. The maximum atomic E-state index is 13.1. The number of furan rings is 1. The number of ether oxygens (including phenoxy) is 1. The van der Waals surface area contributed by atoms with Crippen molar-refractivity contribution >= 4 is 22.7 Å². The van der Waals surface area contributed by atoms with Crippen molar-refractivity contribution in [2.45, 2.75) is 19.3 Å². The number of ketones is 1. The Labute approximate surface area is 144 Å². The Kier molecular flexibility index (Phi) is 4.65. The second kappa shape index (κ2) is 6.89. The Balaban J connectivity index is 2.20. The molecule has 0 N–H and O–H groups in total. The van der Waals surface area contributed by atoms with Crippen LogP contribution >= 0.6 is 0 Å². The summed E-state index contributed by atoms with van der Waals surface area (Å²) in [4.78, 5) is 25.1. The van der Waals surface area contributed by atoms with Crippen LogP contribution in [0.15, 0.2) is 52.9 Å². The zero-order chi connectivity index (χ0) is 18.0. The number of benzene rings is 2. The number of hydrogen-bond donors (Lipinski definition) is 0. The van der Waals surface area contributed by atoms with Crippen molar-refractivity contribution in [2.75, 3.05) is 7.11 Å². The normalized spacial score (nSPS) is 12.1. The molecule has 25 heavy (non-hydrogen) atoms. The summed E-state index contributed by atoms with van der Waals surface area (Å²) in [5.41, 5.74) is 1.33. The van der Waals surface area contributed by atoms with E-state index < -0.39 is 23.5 Å². The SMILES string of the molecule is CCC(C(=O)OC)c1c(C(=O)c2ccc(F)cc2)oc2ccccc12. The number of carbonyl (C=O) groups is 2. The van der Waals surface area contributed by atoms with Crippen LogP contribution in [0.1, 0.15) is 40.9 Å². The van der Waals surface area contributed by atoms with Gasteiger partial charge in [-0.1, -0.05) is 25.1 Å². The smallest absolute Gasteiger partial charge is 0.313 e. The molecular weight excluding hydrogens is 323 g/mol. The van der Waals surface area contributed by atoms with Gasteiger partial charge in [0.2, 0.25) is 5.78 Å². The first-order valence-electron chi connectivity index (χ1n) is 7.96. The predicted octanol–water partition coefficient (Wildman–Crippen LogP) is 4.47. The van der Waals surface area contributed by atoms with Crippen molar-refractivity contribution in [1.29, 1.82) is 0 Å². The maximum Gasteiger partial charge on any atom is 0.313 e. The summed E-state index contributed by atoms with van der Waals surface area (Å²) in [6, 6.07) is 12.4. The van der Waals surface area contributed by atoms with Gasteiger partial charge >= 0.3 is 5.97 Å². The zero-order valence-electron chi connectivity index (χ0n) is 13.9. The standard InChI is InChI=1S/C20H17FO4/c1-3-14(20(23)24-2)17-15-6-4-5-7-16(15)25-19(17)18(22)12-8-10-13(21)11-9-12/h4-11,14H,3H2,1-2H3. The lowest BCUT2D eigenvalue weighted by molar-refractivity contribution is -0.142. The lowest BCUT2D eigenvalue weighted by Gasteiger charge is -2.13. The molecule has 0 saturated heterocycles. The van der Waals surface area contributed by atoms with Gasteiger partial charge in [0.05, 0.1) is 13.0 Å². The van der Waals surface area contributed by atoms with Crippen LogP contribution in [0.4, 0.5) is 4.39 Å². The van der Waals surface area contributed by atoms with E-state index in [2.05, 4.69) is 0 Å². The molecule has 3 rings (SSSR count). The molecule has 5 heteroatoms. The van der Waals surface area contributed by atoms with Gasteiger partial charge in [-0.3, -0.25) is 9.59 Å². The monoisotopic (exact) mass is 340 g/mol. The van der Waals surface area contributed by atoms with Gasteiger partial charge in [-0.15, -0.1) is 0 Å². The summed E-state index contributed by atoms with van der Waals surface area (Å²) < 4.78 is 23.8. The zero-order valence-corrected chi connectivity index (χ0v) is 13.9. The third kappa shape index (κ3) is 3.05. The quantitative estimate of drug-likeness (QED) is 0.508. The minimum absolute atomic E-state index is 0.0880. The van der Waals surface area contributed by atoms with E-state index in [4.69, 9.17) is 9.15 Å². The second-order valence-electron chi connectivity index (χ2n) is 5.66. The number of halogens is 1. The molecule has 0 amide bonds. The summed E-state index contributed by atoms with van der Waals surface area (Å²) in [5.74, 6) is -1.78. The van der Waals surface area contributed by atoms with Crippen molar-refractivity contribution in [3.05, 3.63) is 71.2 Å². The number of para-hydroxylation sites is 1. The molecule has 0 fully saturated rings. The fourth-order valence-corrected chi connectivity index (χ4v) is 2.94. The van der Waals surface area contributed by atoms with Crippen molar-refractivity contribution in [1.82, 2.24) is 0 Å². The van der Waals surface area contributed by atoms with Crippen LogP contribution in [0.25, 0.3) is 11.0 Å². The highest BCUT2D eigenvalue weighted by atomic mass is 19.1. The molecule has 1 atom stereocenters. The molecule has 1 heterocycles. The average Bonchev–Trinajstić information content (AvgIpc) is 3.02. The van der Waals surface area contributed by atoms with Gasteiger partial charge in [0.1, 0.15) is 11.4 Å². The van der Waals surface area contributed by atoms with Crippen molar-refractivity contribution in [2.24, 2.45) is 0 Å². The lowest BCUT2D eigenvalue weighted by atomic mass is 9.91. The van der Waals surface area contributed by atoms with Crippen LogP contribution in [-0.4, -0.2) is 18.9 Å². The first-order chi connectivity index (χ1) is 12.1. The lowest BCUT2D eigenvalue weighted by Crippen LogP contribution is -2.16. The highest BCUT2D eigenvalue weighted by molar-refractivity contribution is 6.11. The largest absolute Gasteiger partial charge is 0.469 e. The van der Waals surface area contributed by atoms with Gasteiger partial charge in [-0.05, 0) is 36.8 Å². The molecule has 0 bridgehead atoms. The van der Waals surface area contributed by atoms with Crippen molar-refractivity contribution in [3.8, 4) is 0 Å². The Morgan fingerprint density at radius 1 is 1.12 bits per heavy atom. The maximum absolute atomic E-state index is 13.1. The van der Waals surface area contributed by atoms with E-state index in [1.54, 1.807) is 18.2 Å². The molecule has 1 unspecified atom stereocenters. The van der Waals surface area contributed by atoms with Crippen LogP contribution < -0.4 is 0 Å². The van der Waals surface area contributed by atoms with Gasteiger partial charge in [0, 0.05) is 16.5 Å². The first kappa shape index (κ1) is 16.9. The summed E-state index contributed by atoms with van der Waals surface area (Å²) in [6.07, 6.45) is 0.458. The summed E-state index contributed by atoms with van der Waals surface area (Å²) in [6.45, 7) is 1.84. The van der Waals surface area contributed by atoms with E-state index in [1.807, 2.05) is 13.0 Å². The average molecular weight is 340 g/mol. The first-order valence-corrected chi connectivity index (χ1v) is 7.96. The van der Waals surface area contributed by atoms with Crippen molar-refractivity contribution < 1.29 is 23.1 Å². The van der Waals surface area contributed by atoms with E-state index in [-0.39, 0.29) is 5.76 Å². The molecular formula is C20H17FO4. The Bertz CT molecular complexity index is 925. The second-order valence-corrected chi connectivity index (χ2v) is 5.66. The van der Waals surface area contributed by atoms with Gasteiger partial charge in [0.25, 0.3) is 0 Å². The molecule has 1 aromatic heterocycles. The number of hydrogen-bond acceptors (Lipinski definition) is 4. The van der Waals surface area contributed by atoms with Crippen LogP contribution in [0.2, 0.25) is 0 Å². The van der Waals surface area contributed by atoms with E-state index in [1.165, 1.54) is 31.4 Å². The fraction of sp³-hybridized carbons (Fsp3) is 0.200. The van der Waals surface area contributed by atoms with E-state index >= 15 is 0 Å². The minimum atomic E-state index is -0.618. The molecule has 4 nitrogen and oxygen atoms in total. The van der Waals surface area contributed by atoms with Crippen LogP contribution in [0, 0.1) is 5.82 Å². The van der Waals surface area contributed by atoms with E-state index in [0.717, 1.165) is 0 Å². The number of carbonyl (C=O) groups excluding carboxylic acids is 2. The Hall–Kier alpha value is -2.95. The highest BCUT2D eigenvalue weighted by Crippen LogP contribution is 2.35. The summed E-state index contributed by atoms with van der Waals surface area (Å²) in [5, 5.41) is 0.699. The highest BCUT2D eigenvalue weighted by Gasteiger charge is 2.31. The van der Waals surface area contributed by atoms with Crippen LogP contribution in [-0.2, 0) is 9.53 Å². The molecule has 128 valence electrons. The minimum Gasteiger partial charge on any atom is -0.469 e. The molecule has 0 saturated carbocycles.